The van der Waals surface area contributed by atoms with Gasteiger partial charge in [-0.3, -0.25) is 9.69 Å². The molecule has 23 heavy (non-hydrogen) atoms. The summed E-state index contributed by atoms with van der Waals surface area (Å²) in [5.74, 6) is 0.290. The van der Waals surface area contributed by atoms with Crippen molar-refractivity contribution < 1.29 is 4.79 Å². The molecule has 1 atom stereocenters. The van der Waals surface area contributed by atoms with Crippen LogP contribution in [0.15, 0.2) is 24.3 Å². The lowest BCUT2D eigenvalue weighted by Gasteiger charge is -2.35. The molecule has 0 bridgehead atoms. The highest BCUT2D eigenvalue weighted by atomic mass is 35.5. The van der Waals surface area contributed by atoms with Crippen LogP contribution in [0.4, 0.5) is 0 Å². The molecule has 6 heteroatoms. The second kappa shape index (κ2) is 9.48. The SMILES string of the molecule is CC(C(=O)N1CCCNCC1)N1CCc2ccccc2C1.Cl.Cl. The van der Waals surface area contributed by atoms with Crippen molar-refractivity contribution in [3.05, 3.63) is 35.4 Å². The van der Waals surface area contributed by atoms with Crippen LogP contribution in [0.25, 0.3) is 0 Å². The van der Waals surface area contributed by atoms with Crippen LogP contribution >= 0.6 is 24.8 Å². The number of fused-ring (bicyclic) bond motifs is 1. The van der Waals surface area contributed by atoms with Crippen LogP contribution in [-0.4, -0.2) is 54.5 Å². The van der Waals surface area contributed by atoms with E-state index < -0.39 is 0 Å². The second-order valence-electron chi connectivity index (χ2n) is 6.09. The van der Waals surface area contributed by atoms with E-state index in [0.717, 1.165) is 52.1 Å². The van der Waals surface area contributed by atoms with E-state index in [1.807, 2.05) is 4.90 Å². The molecule has 1 aromatic rings. The number of nitrogens with zero attached hydrogens (tertiary/aromatic N) is 2. The Bertz CT molecular complexity index is 504. The highest BCUT2D eigenvalue weighted by Gasteiger charge is 2.28. The van der Waals surface area contributed by atoms with Crippen molar-refractivity contribution in [2.45, 2.75) is 32.4 Å². The number of carbonyl (C=O) groups is 1. The van der Waals surface area contributed by atoms with E-state index >= 15 is 0 Å². The van der Waals surface area contributed by atoms with Crippen LogP contribution in [0.1, 0.15) is 24.5 Å². The van der Waals surface area contributed by atoms with Crippen LogP contribution in [0.5, 0.6) is 0 Å². The topological polar surface area (TPSA) is 35.6 Å². The van der Waals surface area contributed by atoms with Gasteiger partial charge in [0.2, 0.25) is 5.91 Å². The van der Waals surface area contributed by atoms with Gasteiger partial charge in [0.15, 0.2) is 0 Å². The number of hydrogen-bond acceptors (Lipinski definition) is 3. The van der Waals surface area contributed by atoms with Gasteiger partial charge < -0.3 is 10.2 Å². The van der Waals surface area contributed by atoms with Gasteiger partial charge >= 0.3 is 0 Å². The van der Waals surface area contributed by atoms with Crippen molar-refractivity contribution in [2.75, 3.05) is 32.7 Å². The fraction of sp³-hybridized carbons (Fsp3) is 0.588. The Labute approximate surface area is 151 Å². The second-order valence-corrected chi connectivity index (χ2v) is 6.09. The number of hydrogen-bond donors (Lipinski definition) is 1. The monoisotopic (exact) mass is 359 g/mol. The number of nitrogens with one attached hydrogen (secondary N) is 1. The van der Waals surface area contributed by atoms with Gasteiger partial charge in [0, 0.05) is 32.7 Å². The largest absolute Gasteiger partial charge is 0.340 e. The van der Waals surface area contributed by atoms with Crippen molar-refractivity contribution in [2.24, 2.45) is 0 Å². The Hall–Kier alpha value is -0.810. The zero-order valence-electron chi connectivity index (χ0n) is 13.7. The molecular weight excluding hydrogens is 333 g/mol. The molecule has 2 aliphatic heterocycles. The van der Waals surface area contributed by atoms with E-state index in [0.29, 0.717) is 0 Å². The van der Waals surface area contributed by atoms with E-state index in [2.05, 4.69) is 41.4 Å². The van der Waals surface area contributed by atoms with E-state index in [4.69, 9.17) is 0 Å². The smallest absolute Gasteiger partial charge is 0.239 e. The third-order valence-corrected chi connectivity index (χ3v) is 4.72. The van der Waals surface area contributed by atoms with Crippen molar-refractivity contribution >= 4 is 30.7 Å². The maximum atomic E-state index is 12.7. The van der Waals surface area contributed by atoms with Crippen LogP contribution in [0.2, 0.25) is 0 Å². The Morgan fingerprint density at radius 3 is 2.61 bits per heavy atom. The maximum Gasteiger partial charge on any atom is 0.239 e. The Balaban J connectivity index is 0.00000132. The van der Waals surface area contributed by atoms with Gasteiger partial charge in [-0.25, -0.2) is 0 Å². The van der Waals surface area contributed by atoms with E-state index in [-0.39, 0.29) is 36.8 Å². The number of amides is 1. The third-order valence-electron chi connectivity index (χ3n) is 4.72. The number of carbonyl (C=O) groups excluding carboxylic acids is 1. The highest BCUT2D eigenvalue weighted by molar-refractivity contribution is 5.85. The van der Waals surface area contributed by atoms with Gasteiger partial charge in [0.1, 0.15) is 0 Å². The molecule has 1 N–H and O–H groups in total. The molecule has 0 aromatic heterocycles. The van der Waals surface area contributed by atoms with E-state index in [1.165, 1.54) is 11.1 Å². The Morgan fingerprint density at radius 1 is 1.09 bits per heavy atom. The minimum Gasteiger partial charge on any atom is -0.340 e. The summed E-state index contributed by atoms with van der Waals surface area (Å²) in [5.41, 5.74) is 2.81. The fourth-order valence-corrected chi connectivity index (χ4v) is 3.33. The zero-order valence-corrected chi connectivity index (χ0v) is 15.3. The Kier molecular flexibility index (Phi) is 8.34. The van der Waals surface area contributed by atoms with Crippen molar-refractivity contribution in [1.29, 1.82) is 0 Å². The van der Waals surface area contributed by atoms with E-state index in [9.17, 15) is 4.79 Å². The quantitative estimate of drug-likeness (QED) is 0.878. The van der Waals surface area contributed by atoms with Gasteiger partial charge in [-0.15, -0.1) is 24.8 Å². The molecule has 0 spiro atoms. The molecule has 0 radical (unpaired) electrons. The number of rotatable bonds is 2. The lowest BCUT2D eigenvalue weighted by atomic mass is 9.98. The molecule has 2 aliphatic rings. The van der Waals surface area contributed by atoms with Gasteiger partial charge in [0.05, 0.1) is 6.04 Å². The molecule has 0 aliphatic carbocycles. The first-order valence-corrected chi connectivity index (χ1v) is 8.06. The average molecular weight is 360 g/mol. The number of benzene rings is 1. The van der Waals surface area contributed by atoms with Crippen molar-refractivity contribution in [3.8, 4) is 0 Å². The van der Waals surface area contributed by atoms with Crippen LogP contribution in [-0.2, 0) is 17.8 Å². The normalized spacial score (nSPS) is 19.6. The summed E-state index contributed by atoms with van der Waals surface area (Å²) < 4.78 is 0. The van der Waals surface area contributed by atoms with Crippen molar-refractivity contribution in [1.82, 2.24) is 15.1 Å². The molecule has 1 unspecified atom stereocenters. The minimum absolute atomic E-state index is 0. The lowest BCUT2D eigenvalue weighted by Crippen LogP contribution is -2.49. The predicted molar refractivity (Wildman–Crippen MR) is 98.6 cm³/mol. The standard InChI is InChI=1S/C17H25N3O.2ClH/c1-14(17(21)19-10-4-8-18-9-12-19)20-11-7-15-5-2-3-6-16(15)13-20;;/h2-3,5-6,14,18H,4,7-13H2,1H3;2*1H. The first-order valence-electron chi connectivity index (χ1n) is 8.06. The Morgan fingerprint density at radius 2 is 1.83 bits per heavy atom. The van der Waals surface area contributed by atoms with Gasteiger partial charge in [-0.05, 0) is 37.4 Å². The molecule has 130 valence electrons. The van der Waals surface area contributed by atoms with Gasteiger partial charge in [-0.1, -0.05) is 24.3 Å². The molecule has 1 saturated heterocycles. The molecule has 1 fully saturated rings. The summed E-state index contributed by atoms with van der Waals surface area (Å²) in [5, 5.41) is 3.36. The molecule has 0 saturated carbocycles. The average Bonchev–Trinajstić information content (AvgIpc) is 2.82. The van der Waals surface area contributed by atoms with Gasteiger partial charge in [-0.2, -0.15) is 0 Å². The molecular formula is C17H27Cl2N3O. The fourth-order valence-electron chi connectivity index (χ4n) is 3.33. The zero-order chi connectivity index (χ0) is 14.7. The summed E-state index contributed by atoms with van der Waals surface area (Å²) in [6.07, 6.45) is 2.11. The van der Waals surface area contributed by atoms with Crippen LogP contribution in [0, 0.1) is 0 Å². The molecule has 4 nitrogen and oxygen atoms in total. The lowest BCUT2D eigenvalue weighted by molar-refractivity contribution is -0.136. The summed E-state index contributed by atoms with van der Waals surface area (Å²) in [6.45, 7) is 7.62. The first kappa shape index (κ1) is 20.2. The molecule has 3 rings (SSSR count). The van der Waals surface area contributed by atoms with Crippen LogP contribution < -0.4 is 5.32 Å². The minimum atomic E-state index is -0.0172. The molecule has 1 aromatic carbocycles. The predicted octanol–water partition coefficient (Wildman–Crippen LogP) is 2.10. The summed E-state index contributed by atoms with van der Waals surface area (Å²) in [7, 11) is 0. The van der Waals surface area contributed by atoms with Gasteiger partial charge in [0.25, 0.3) is 0 Å². The summed E-state index contributed by atoms with van der Waals surface area (Å²) in [6, 6.07) is 8.58. The van der Waals surface area contributed by atoms with Crippen molar-refractivity contribution in [3.63, 3.8) is 0 Å². The molecule has 2 heterocycles. The van der Waals surface area contributed by atoms with Crippen LogP contribution in [0.3, 0.4) is 0 Å². The third kappa shape index (κ3) is 4.83. The highest BCUT2D eigenvalue weighted by Crippen LogP contribution is 2.21. The summed E-state index contributed by atoms with van der Waals surface area (Å²) in [4.78, 5) is 17.1. The molecule has 1 amide bonds. The first-order chi connectivity index (χ1) is 10.3. The maximum absolute atomic E-state index is 12.7. The van der Waals surface area contributed by atoms with E-state index in [1.54, 1.807) is 0 Å². The summed E-state index contributed by atoms with van der Waals surface area (Å²) >= 11 is 0. The number of halogens is 2.